The molecule has 0 aliphatic carbocycles. The summed E-state index contributed by atoms with van der Waals surface area (Å²) in [5, 5.41) is 0. The van der Waals surface area contributed by atoms with Gasteiger partial charge in [-0.25, -0.2) is 16.8 Å². The van der Waals surface area contributed by atoms with E-state index in [4.69, 9.17) is 0 Å². The topological polar surface area (TPSA) is 86.7 Å². The number of alkyl halides is 6. The van der Waals surface area contributed by atoms with Gasteiger partial charge in [-0.3, -0.25) is 0 Å². The minimum absolute atomic E-state index is 0.176. The van der Waals surface area contributed by atoms with Crippen molar-refractivity contribution in [3.05, 3.63) is 47.5 Å². The van der Waals surface area contributed by atoms with Crippen molar-refractivity contribution in [2.75, 3.05) is 12.5 Å². The van der Waals surface area contributed by atoms with E-state index in [1.54, 1.807) is 0 Å². The first kappa shape index (κ1) is 24.9. The van der Waals surface area contributed by atoms with Gasteiger partial charge in [0.2, 0.25) is 0 Å². The van der Waals surface area contributed by atoms with E-state index in [0.717, 1.165) is 12.1 Å². The summed E-state index contributed by atoms with van der Waals surface area (Å²) in [4.78, 5) is -1.30. The molecule has 0 fully saturated rings. The third kappa shape index (κ3) is 6.29. The Balaban J connectivity index is 2.33. The van der Waals surface area contributed by atoms with E-state index < -0.39 is 64.4 Å². The molecule has 0 aliphatic rings. The molecular formula is C16H12BF6O6S2. The lowest BCUT2D eigenvalue weighted by Gasteiger charge is -2.17. The number of halogens is 6. The summed E-state index contributed by atoms with van der Waals surface area (Å²) >= 11 is 0. The first-order chi connectivity index (χ1) is 13.9. The highest BCUT2D eigenvalue weighted by atomic mass is 32.2. The molecule has 2 aromatic rings. The van der Waals surface area contributed by atoms with Gasteiger partial charge in [0.15, 0.2) is 19.7 Å². The Bertz CT molecular complexity index is 1100. The van der Waals surface area contributed by atoms with Gasteiger partial charge in [0.25, 0.3) is 0 Å². The highest BCUT2D eigenvalue weighted by Crippen LogP contribution is 2.39. The third-order valence-corrected chi connectivity index (χ3v) is 5.94. The van der Waals surface area contributed by atoms with Gasteiger partial charge in [-0.15, -0.1) is 0 Å². The zero-order chi connectivity index (χ0) is 23.8. The second kappa shape index (κ2) is 8.26. The van der Waals surface area contributed by atoms with Crippen LogP contribution < -0.4 is 9.31 Å². The highest BCUT2D eigenvalue weighted by molar-refractivity contribution is 7.91. The average molecular weight is 489 g/mol. The molecular weight excluding hydrogens is 477 g/mol. The molecule has 0 bridgehead atoms. The van der Waals surface area contributed by atoms with Crippen molar-refractivity contribution in [1.82, 2.24) is 0 Å². The van der Waals surface area contributed by atoms with Crippen molar-refractivity contribution in [3.8, 4) is 11.5 Å². The van der Waals surface area contributed by atoms with Crippen LogP contribution in [0, 0.1) is 0 Å². The number of hydrogen-bond donors (Lipinski definition) is 0. The average Bonchev–Trinajstić information content (AvgIpc) is 2.58. The maximum Gasteiger partial charge on any atom is 0.658 e. The molecule has 0 heterocycles. The Morgan fingerprint density at radius 2 is 1.00 bits per heavy atom. The summed E-state index contributed by atoms with van der Waals surface area (Å²) in [6, 6.07) is 3.57. The van der Waals surface area contributed by atoms with E-state index in [-0.39, 0.29) is 7.69 Å². The number of benzene rings is 2. The Labute approximate surface area is 173 Å². The van der Waals surface area contributed by atoms with Gasteiger partial charge in [-0.2, -0.15) is 26.3 Å². The van der Waals surface area contributed by atoms with Gasteiger partial charge in [-0.05, 0) is 36.4 Å². The largest absolute Gasteiger partial charge is 0.658 e. The van der Waals surface area contributed by atoms with Crippen LogP contribution in [0.25, 0.3) is 0 Å². The minimum atomic E-state index is -5.04. The van der Waals surface area contributed by atoms with Crippen LogP contribution in [0.15, 0.2) is 46.2 Å². The fraction of sp³-hybridized carbons (Fsp3) is 0.250. The lowest BCUT2D eigenvalue weighted by atomic mass is 10.1. The molecule has 31 heavy (non-hydrogen) atoms. The summed E-state index contributed by atoms with van der Waals surface area (Å²) in [5.41, 5.74) is -3.00. The van der Waals surface area contributed by atoms with Gasteiger partial charge in [0.05, 0.1) is 20.9 Å². The van der Waals surface area contributed by atoms with Crippen molar-refractivity contribution in [2.45, 2.75) is 22.1 Å². The van der Waals surface area contributed by atoms with Crippen molar-refractivity contribution >= 4 is 27.4 Å². The smallest absolute Gasteiger partial charge is 0.526 e. The molecule has 0 aliphatic heterocycles. The predicted molar refractivity (Wildman–Crippen MR) is 96.1 cm³/mol. The summed E-state index contributed by atoms with van der Waals surface area (Å²) < 4.78 is 134. The summed E-state index contributed by atoms with van der Waals surface area (Å²) in [6.45, 7) is 0. The molecule has 0 amide bonds. The van der Waals surface area contributed by atoms with Gasteiger partial charge in [-0.1, -0.05) is 0 Å². The zero-order valence-corrected chi connectivity index (χ0v) is 17.2. The monoisotopic (exact) mass is 489 g/mol. The molecule has 0 saturated heterocycles. The molecule has 0 N–H and O–H groups in total. The Kier molecular flexibility index (Phi) is 6.62. The van der Waals surface area contributed by atoms with Gasteiger partial charge >= 0.3 is 20.0 Å². The van der Waals surface area contributed by atoms with Crippen molar-refractivity contribution in [2.24, 2.45) is 0 Å². The number of sulfone groups is 2. The minimum Gasteiger partial charge on any atom is -0.526 e. The van der Waals surface area contributed by atoms with E-state index in [1.807, 2.05) is 0 Å². The van der Waals surface area contributed by atoms with Crippen LogP contribution in [0.5, 0.6) is 11.5 Å². The van der Waals surface area contributed by atoms with Crippen LogP contribution in [-0.2, 0) is 32.0 Å². The first-order valence-electron chi connectivity index (χ1n) is 7.88. The molecule has 6 nitrogen and oxygen atoms in total. The Morgan fingerprint density at radius 1 is 0.677 bits per heavy atom. The first-order valence-corrected chi connectivity index (χ1v) is 11.7. The number of rotatable bonds is 6. The van der Waals surface area contributed by atoms with Gasteiger partial charge in [0.1, 0.15) is 11.5 Å². The molecule has 0 unspecified atom stereocenters. The van der Waals surface area contributed by atoms with Gasteiger partial charge in [0, 0.05) is 12.5 Å². The maximum absolute atomic E-state index is 13.2. The third-order valence-electron chi connectivity index (χ3n) is 3.72. The van der Waals surface area contributed by atoms with E-state index >= 15 is 0 Å². The van der Waals surface area contributed by atoms with E-state index in [2.05, 4.69) is 9.31 Å². The molecule has 2 aromatic carbocycles. The molecule has 0 spiro atoms. The molecule has 0 aromatic heterocycles. The second-order valence-electron chi connectivity index (χ2n) is 6.19. The quantitative estimate of drug-likeness (QED) is 0.456. The van der Waals surface area contributed by atoms with Crippen LogP contribution in [0.3, 0.4) is 0 Å². The van der Waals surface area contributed by atoms with Crippen LogP contribution in [0.4, 0.5) is 26.3 Å². The predicted octanol–water partition coefficient (Wildman–Crippen LogP) is 3.52. The molecule has 1 radical (unpaired) electrons. The molecule has 169 valence electrons. The second-order valence-corrected chi connectivity index (χ2v) is 10.2. The van der Waals surface area contributed by atoms with Crippen molar-refractivity contribution in [3.63, 3.8) is 0 Å². The van der Waals surface area contributed by atoms with Crippen LogP contribution in [0.1, 0.15) is 11.1 Å². The Hall–Kier alpha value is -2.42. The lowest BCUT2D eigenvalue weighted by Crippen LogP contribution is -2.18. The van der Waals surface area contributed by atoms with E-state index in [9.17, 15) is 43.2 Å². The van der Waals surface area contributed by atoms with Crippen LogP contribution >= 0.6 is 0 Å². The summed E-state index contributed by atoms with van der Waals surface area (Å²) in [7, 11) is -7.77. The Morgan fingerprint density at radius 3 is 1.26 bits per heavy atom. The summed E-state index contributed by atoms with van der Waals surface area (Å²) in [6.07, 6.45) is -8.70. The fourth-order valence-corrected chi connectivity index (χ4v) is 3.55. The molecule has 0 saturated carbocycles. The van der Waals surface area contributed by atoms with Crippen molar-refractivity contribution < 1.29 is 52.5 Å². The van der Waals surface area contributed by atoms with Crippen LogP contribution in [-0.4, -0.2) is 37.0 Å². The summed E-state index contributed by atoms with van der Waals surface area (Å²) in [5.74, 6) is -1.86. The zero-order valence-electron chi connectivity index (χ0n) is 15.6. The van der Waals surface area contributed by atoms with E-state index in [1.165, 1.54) is 0 Å². The van der Waals surface area contributed by atoms with E-state index in [0.29, 0.717) is 36.8 Å². The molecule has 0 atom stereocenters. The number of hydrogen-bond acceptors (Lipinski definition) is 6. The van der Waals surface area contributed by atoms with Crippen molar-refractivity contribution in [1.29, 1.82) is 0 Å². The maximum atomic E-state index is 13.2. The SMILES string of the molecule is CS(=O)(=O)c1ccc(O[B]Oc2ccc(S(C)(=O)=O)cc2C(F)(F)F)c(C(F)(F)F)c1. The molecule has 15 heteroatoms. The molecule has 2 rings (SSSR count). The van der Waals surface area contributed by atoms with Crippen LogP contribution in [0.2, 0.25) is 0 Å². The fourth-order valence-electron chi connectivity index (χ4n) is 2.26. The highest BCUT2D eigenvalue weighted by Gasteiger charge is 2.37. The lowest BCUT2D eigenvalue weighted by molar-refractivity contribution is -0.139. The normalized spacial score (nSPS) is 13.0. The van der Waals surface area contributed by atoms with Gasteiger partial charge < -0.3 is 9.31 Å². The standard InChI is InChI=1S/C16H12BF6O6S2/c1-30(24,25)9-3-5-13(11(7-9)15(18,19)20)28-17-29-14-6-4-10(31(2,26)27)8-12(14)16(21,22)23/h3-8H,1-2H3.